The molecule has 0 bridgehead atoms. The standard InChI is InChI=1S/C13H15BrF3NO3S/c1-21-12-5-4-10(7-11(12)14)22(19,20)18-6-2-3-9(8-18)13(15,16)17/h4-5,7,9H,2-3,6,8H2,1H3/t9-/m1/s1. The van der Waals surface area contributed by atoms with Crippen LogP contribution in [-0.2, 0) is 10.0 Å². The Hall–Kier alpha value is -0.800. The van der Waals surface area contributed by atoms with E-state index < -0.39 is 28.7 Å². The van der Waals surface area contributed by atoms with Gasteiger partial charge in [0.1, 0.15) is 5.75 Å². The van der Waals surface area contributed by atoms with Crippen LogP contribution < -0.4 is 4.74 Å². The quantitative estimate of drug-likeness (QED) is 0.779. The maximum absolute atomic E-state index is 12.8. The van der Waals surface area contributed by atoms with Crippen LogP contribution in [0.1, 0.15) is 12.8 Å². The van der Waals surface area contributed by atoms with Gasteiger partial charge in [-0.15, -0.1) is 0 Å². The SMILES string of the molecule is COc1ccc(S(=O)(=O)N2CCC[C@@H](C(F)(F)F)C2)cc1Br. The molecule has 124 valence electrons. The molecule has 1 aromatic rings. The molecule has 0 N–H and O–H groups in total. The van der Waals surface area contributed by atoms with Gasteiger partial charge >= 0.3 is 6.18 Å². The monoisotopic (exact) mass is 401 g/mol. The number of alkyl halides is 3. The highest BCUT2D eigenvalue weighted by Crippen LogP contribution is 2.36. The molecule has 1 atom stereocenters. The molecule has 0 aromatic heterocycles. The Bertz CT molecular complexity index is 648. The molecule has 1 fully saturated rings. The van der Waals surface area contributed by atoms with Crippen molar-refractivity contribution in [2.24, 2.45) is 5.92 Å². The fourth-order valence-corrected chi connectivity index (χ4v) is 4.63. The molecule has 0 amide bonds. The minimum absolute atomic E-state index is 0.0399. The highest BCUT2D eigenvalue weighted by molar-refractivity contribution is 9.10. The molecule has 0 saturated carbocycles. The summed E-state index contributed by atoms with van der Waals surface area (Å²) in [6, 6.07) is 4.13. The van der Waals surface area contributed by atoms with Crippen molar-refractivity contribution in [2.75, 3.05) is 20.2 Å². The van der Waals surface area contributed by atoms with Crippen LogP contribution in [0.25, 0.3) is 0 Å². The van der Waals surface area contributed by atoms with Gasteiger partial charge in [0.05, 0.1) is 22.4 Å². The summed E-state index contributed by atoms with van der Waals surface area (Å²) in [7, 11) is -2.52. The second-order valence-electron chi connectivity index (χ2n) is 5.04. The molecule has 1 aromatic carbocycles. The largest absolute Gasteiger partial charge is 0.496 e. The molecular formula is C13H15BrF3NO3S. The maximum atomic E-state index is 12.8. The number of nitrogens with zero attached hydrogens (tertiary/aromatic N) is 1. The normalized spacial score (nSPS) is 20.9. The molecule has 1 aliphatic heterocycles. The number of sulfonamides is 1. The van der Waals surface area contributed by atoms with E-state index in [0.29, 0.717) is 10.2 Å². The molecule has 4 nitrogen and oxygen atoms in total. The van der Waals surface area contributed by atoms with Gasteiger partial charge in [0.25, 0.3) is 0 Å². The van der Waals surface area contributed by atoms with Gasteiger partial charge in [-0.1, -0.05) is 0 Å². The van der Waals surface area contributed by atoms with Crippen LogP contribution in [0.4, 0.5) is 13.2 Å². The number of halogens is 4. The Morgan fingerprint density at radius 1 is 1.36 bits per heavy atom. The van der Waals surface area contributed by atoms with E-state index in [1.807, 2.05) is 0 Å². The third kappa shape index (κ3) is 3.57. The Morgan fingerprint density at radius 3 is 2.59 bits per heavy atom. The summed E-state index contributed by atoms with van der Waals surface area (Å²) in [6.07, 6.45) is -4.22. The summed E-state index contributed by atoms with van der Waals surface area (Å²) in [6.45, 7) is -0.436. The van der Waals surface area contributed by atoms with Crippen molar-refractivity contribution in [1.29, 1.82) is 0 Å². The van der Waals surface area contributed by atoms with Gasteiger partial charge in [0, 0.05) is 13.1 Å². The minimum Gasteiger partial charge on any atom is -0.496 e. The highest BCUT2D eigenvalue weighted by Gasteiger charge is 2.44. The van der Waals surface area contributed by atoms with E-state index in [4.69, 9.17) is 4.74 Å². The molecule has 0 spiro atoms. The molecule has 1 aliphatic rings. The summed E-state index contributed by atoms with van der Waals surface area (Å²) >= 11 is 3.18. The number of piperidine rings is 1. The van der Waals surface area contributed by atoms with E-state index in [1.165, 1.54) is 25.3 Å². The van der Waals surface area contributed by atoms with Crippen LogP contribution in [0.3, 0.4) is 0 Å². The third-order valence-electron chi connectivity index (χ3n) is 3.61. The number of hydrogen-bond acceptors (Lipinski definition) is 3. The van der Waals surface area contributed by atoms with Gasteiger partial charge in [-0.2, -0.15) is 17.5 Å². The van der Waals surface area contributed by atoms with Crippen LogP contribution in [0.5, 0.6) is 5.75 Å². The van der Waals surface area contributed by atoms with Crippen LogP contribution in [0.2, 0.25) is 0 Å². The van der Waals surface area contributed by atoms with Crippen LogP contribution in [-0.4, -0.2) is 39.1 Å². The highest BCUT2D eigenvalue weighted by atomic mass is 79.9. The average Bonchev–Trinajstić information content (AvgIpc) is 2.46. The first kappa shape index (κ1) is 17.6. The van der Waals surface area contributed by atoms with E-state index in [-0.39, 0.29) is 24.3 Å². The van der Waals surface area contributed by atoms with Crippen molar-refractivity contribution in [3.05, 3.63) is 22.7 Å². The summed E-state index contributed by atoms with van der Waals surface area (Å²) in [4.78, 5) is -0.0528. The van der Waals surface area contributed by atoms with Crippen LogP contribution in [0.15, 0.2) is 27.6 Å². The first-order chi connectivity index (χ1) is 10.2. The zero-order chi connectivity index (χ0) is 16.5. The average molecular weight is 402 g/mol. The number of methoxy groups -OCH3 is 1. The molecule has 1 saturated heterocycles. The zero-order valence-corrected chi connectivity index (χ0v) is 14.1. The van der Waals surface area contributed by atoms with Crippen molar-refractivity contribution in [3.8, 4) is 5.75 Å². The number of rotatable bonds is 3. The van der Waals surface area contributed by atoms with E-state index >= 15 is 0 Å². The van der Waals surface area contributed by atoms with Crippen molar-refractivity contribution >= 4 is 26.0 Å². The lowest BCUT2D eigenvalue weighted by molar-refractivity contribution is -0.182. The van der Waals surface area contributed by atoms with E-state index in [9.17, 15) is 21.6 Å². The van der Waals surface area contributed by atoms with Gasteiger partial charge in [-0.3, -0.25) is 0 Å². The topological polar surface area (TPSA) is 46.6 Å². The van der Waals surface area contributed by atoms with Gasteiger partial charge < -0.3 is 4.74 Å². The maximum Gasteiger partial charge on any atom is 0.393 e. The summed E-state index contributed by atoms with van der Waals surface area (Å²) in [5, 5.41) is 0. The number of benzene rings is 1. The lowest BCUT2D eigenvalue weighted by atomic mass is 9.99. The predicted octanol–water partition coefficient (Wildman–Crippen LogP) is 3.42. The van der Waals surface area contributed by atoms with Gasteiger partial charge in [-0.05, 0) is 47.0 Å². The van der Waals surface area contributed by atoms with Gasteiger partial charge in [0.15, 0.2) is 0 Å². The molecule has 0 radical (unpaired) electrons. The summed E-state index contributed by atoms with van der Waals surface area (Å²) < 4.78 is 69.8. The third-order valence-corrected chi connectivity index (χ3v) is 6.09. The lowest BCUT2D eigenvalue weighted by Gasteiger charge is -2.32. The zero-order valence-electron chi connectivity index (χ0n) is 11.7. The minimum atomic E-state index is -4.38. The predicted molar refractivity (Wildman–Crippen MR) is 78.2 cm³/mol. The molecule has 9 heteroatoms. The Kier molecular flexibility index (Phi) is 5.08. The molecule has 0 unspecified atom stereocenters. The Morgan fingerprint density at radius 2 is 2.05 bits per heavy atom. The Labute approximate surface area is 135 Å². The second-order valence-corrected chi connectivity index (χ2v) is 7.83. The smallest absolute Gasteiger partial charge is 0.393 e. The van der Waals surface area contributed by atoms with Crippen molar-refractivity contribution in [2.45, 2.75) is 23.9 Å². The van der Waals surface area contributed by atoms with Crippen molar-refractivity contribution in [1.82, 2.24) is 4.31 Å². The van der Waals surface area contributed by atoms with Gasteiger partial charge in [0.2, 0.25) is 10.0 Å². The molecule has 0 aliphatic carbocycles. The first-order valence-corrected chi connectivity index (χ1v) is 8.80. The van der Waals surface area contributed by atoms with Crippen molar-refractivity contribution in [3.63, 3.8) is 0 Å². The number of ether oxygens (including phenoxy) is 1. The summed E-state index contributed by atoms with van der Waals surface area (Å²) in [5.41, 5.74) is 0. The fraction of sp³-hybridized carbons (Fsp3) is 0.538. The molecular weight excluding hydrogens is 387 g/mol. The Balaban J connectivity index is 2.28. The van der Waals surface area contributed by atoms with Crippen LogP contribution >= 0.6 is 15.9 Å². The number of hydrogen-bond donors (Lipinski definition) is 0. The summed E-state index contributed by atoms with van der Waals surface area (Å²) in [5.74, 6) is -1.16. The van der Waals surface area contributed by atoms with E-state index in [1.54, 1.807) is 0 Å². The molecule has 2 rings (SSSR count). The van der Waals surface area contributed by atoms with Crippen molar-refractivity contribution < 1.29 is 26.3 Å². The molecule has 22 heavy (non-hydrogen) atoms. The second kappa shape index (κ2) is 6.37. The fourth-order valence-electron chi connectivity index (χ4n) is 2.38. The van der Waals surface area contributed by atoms with Crippen LogP contribution in [0, 0.1) is 5.92 Å². The van der Waals surface area contributed by atoms with E-state index in [0.717, 1.165) is 4.31 Å². The van der Waals surface area contributed by atoms with Gasteiger partial charge in [-0.25, -0.2) is 8.42 Å². The molecule has 1 heterocycles. The first-order valence-electron chi connectivity index (χ1n) is 6.56. The van der Waals surface area contributed by atoms with E-state index in [2.05, 4.69) is 15.9 Å². The lowest BCUT2D eigenvalue weighted by Crippen LogP contribution is -2.44.